The maximum atomic E-state index is 11.0. The fraction of sp³-hybridized carbons (Fsp3) is 0.500. The fourth-order valence-corrected chi connectivity index (χ4v) is 2.30. The maximum absolute atomic E-state index is 11.0. The van der Waals surface area contributed by atoms with Gasteiger partial charge in [0.15, 0.2) is 6.10 Å². The monoisotopic (exact) mass is 250 g/mol. The van der Waals surface area contributed by atoms with E-state index in [0.717, 1.165) is 30.4 Å². The van der Waals surface area contributed by atoms with Gasteiger partial charge < -0.3 is 14.9 Å². The summed E-state index contributed by atoms with van der Waals surface area (Å²) >= 11 is 0. The van der Waals surface area contributed by atoms with Gasteiger partial charge in [0, 0.05) is 0 Å². The molecule has 1 aromatic rings. The molecule has 98 valence electrons. The maximum Gasteiger partial charge on any atom is 0.344 e. The third-order valence-electron chi connectivity index (χ3n) is 3.27. The molecule has 0 fully saturated rings. The Labute approximate surface area is 106 Å². The van der Waals surface area contributed by atoms with Crippen LogP contribution in [-0.2, 0) is 11.2 Å². The third-order valence-corrected chi connectivity index (χ3v) is 3.27. The van der Waals surface area contributed by atoms with E-state index < -0.39 is 12.1 Å². The van der Waals surface area contributed by atoms with Crippen molar-refractivity contribution in [2.75, 3.05) is 0 Å². The van der Waals surface area contributed by atoms with Crippen molar-refractivity contribution in [2.45, 2.75) is 44.8 Å². The molecule has 2 N–H and O–H groups in total. The number of carboxylic acid groups (broad SMARTS) is 1. The highest BCUT2D eigenvalue weighted by Gasteiger charge is 2.22. The van der Waals surface area contributed by atoms with E-state index in [9.17, 15) is 9.90 Å². The highest BCUT2D eigenvalue weighted by atomic mass is 16.5. The van der Waals surface area contributed by atoms with Crippen molar-refractivity contribution >= 4 is 5.97 Å². The lowest BCUT2D eigenvalue weighted by Gasteiger charge is -2.15. The van der Waals surface area contributed by atoms with Crippen LogP contribution in [0.5, 0.6) is 5.75 Å². The molecule has 2 unspecified atom stereocenters. The molecule has 0 bridgehead atoms. The molecule has 0 radical (unpaired) electrons. The topological polar surface area (TPSA) is 66.8 Å². The van der Waals surface area contributed by atoms with Crippen LogP contribution in [0.15, 0.2) is 18.2 Å². The van der Waals surface area contributed by atoms with Gasteiger partial charge in [0.2, 0.25) is 0 Å². The summed E-state index contributed by atoms with van der Waals surface area (Å²) < 4.78 is 5.50. The summed E-state index contributed by atoms with van der Waals surface area (Å²) in [4.78, 5) is 11.0. The van der Waals surface area contributed by atoms with Gasteiger partial charge in [-0.25, -0.2) is 4.79 Å². The van der Waals surface area contributed by atoms with Crippen LogP contribution in [-0.4, -0.2) is 22.3 Å². The molecule has 2 rings (SSSR count). The minimum absolute atomic E-state index is 0.389. The Morgan fingerprint density at radius 2 is 2.33 bits per heavy atom. The van der Waals surface area contributed by atoms with Gasteiger partial charge in [0.25, 0.3) is 0 Å². The van der Waals surface area contributed by atoms with Crippen molar-refractivity contribution in [1.29, 1.82) is 0 Å². The van der Waals surface area contributed by atoms with Crippen molar-refractivity contribution in [2.24, 2.45) is 0 Å². The molecule has 4 heteroatoms. The first-order valence-electron chi connectivity index (χ1n) is 6.32. The zero-order valence-electron chi connectivity index (χ0n) is 10.4. The molecule has 0 aliphatic heterocycles. The fourth-order valence-electron chi connectivity index (χ4n) is 2.30. The number of aliphatic carboxylic acids is 1. The SMILES string of the molecule is CCCC(Oc1ccc2c(c1)CCC2O)C(=O)O. The molecule has 0 saturated heterocycles. The van der Waals surface area contributed by atoms with Gasteiger partial charge in [-0.1, -0.05) is 19.4 Å². The van der Waals surface area contributed by atoms with E-state index >= 15 is 0 Å². The van der Waals surface area contributed by atoms with Crippen molar-refractivity contribution in [3.63, 3.8) is 0 Å². The standard InChI is InChI=1S/C14H18O4/c1-2-3-13(14(16)17)18-10-5-6-11-9(8-10)4-7-12(11)15/h5-6,8,12-13,15H,2-4,7H2,1H3,(H,16,17). The molecule has 2 atom stereocenters. The lowest BCUT2D eigenvalue weighted by Crippen LogP contribution is -2.26. The number of carbonyl (C=O) groups is 1. The van der Waals surface area contributed by atoms with Gasteiger partial charge >= 0.3 is 5.97 Å². The summed E-state index contributed by atoms with van der Waals surface area (Å²) in [6.45, 7) is 1.93. The first-order valence-corrected chi connectivity index (χ1v) is 6.32. The summed E-state index contributed by atoms with van der Waals surface area (Å²) in [5.41, 5.74) is 1.99. The van der Waals surface area contributed by atoms with E-state index in [1.807, 2.05) is 19.1 Å². The molecule has 1 aromatic carbocycles. The van der Waals surface area contributed by atoms with Gasteiger partial charge in [-0.05, 0) is 42.5 Å². The Hall–Kier alpha value is -1.55. The minimum atomic E-state index is -0.933. The zero-order valence-corrected chi connectivity index (χ0v) is 10.4. The zero-order chi connectivity index (χ0) is 13.1. The molecule has 0 heterocycles. The predicted octanol–water partition coefficient (Wildman–Crippen LogP) is 2.30. The van der Waals surface area contributed by atoms with E-state index in [0.29, 0.717) is 12.2 Å². The average Bonchev–Trinajstić information content (AvgIpc) is 2.70. The largest absolute Gasteiger partial charge is 0.479 e. The molecule has 4 nitrogen and oxygen atoms in total. The Kier molecular flexibility index (Phi) is 3.87. The smallest absolute Gasteiger partial charge is 0.344 e. The predicted molar refractivity (Wildman–Crippen MR) is 66.7 cm³/mol. The number of fused-ring (bicyclic) bond motifs is 1. The minimum Gasteiger partial charge on any atom is -0.479 e. The van der Waals surface area contributed by atoms with Crippen LogP contribution in [0.2, 0.25) is 0 Å². The summed E-state index contributed by atoms with van der Waals surface area (Å²) in [5, 5.41) is 18.7. The molecule has 1 aliphatic rings. The van der Waals surface area contributed by atoms with Gasteiger partial charge in [0.1, 0.15) is 5.75 Å². The van der Waals surface area contributed by atoms with Crippen molar-refractivity contribution in [3.8, 4) is 5.75 Å². The molecule has 18 heavy (non-hydrogen) atoms. The lowest BCUT2D eigenvalue weighted by atomic mass is 10.1. The number of rotatable bonds is 5. The Bertz CT molecular complexity index is 441. The second kappa shape index (κ2) is 5.40. The molecular weight excluding hydrogens is 232 g/mol. The number of benzene rings is 1. The third kappa shape index (κ3) is 2.64. The molecule has 0 aromatic heterocycles. The first-order chi connectivity index (χ1) is 8.61. The molecule has 0 amide bonds. The second-order valence-corrected chi connectivity index (χ2v) is 4.65. The van der Waals surface area contributed by atoms with Crippen LogP contribution in [0, 0.1) is 0 Å². The Balaban J connectivity index is 2.12. The Morgan fingerprint density at radius 1 is 1.56 bits per heavy atom. The van der Waals surface area contributed by atoms with Gasteiger partial charge in [0.05, 0.1) is 6.10 Å². The van der Waals surface area contributed by atoms with Crippen LogP contribution in [0.1, 0.15) is 43.4 Å². The molecule has 0 saturated carbocycles. The van der Waals surface area contributed by atoms with E-state index in [-0.39, 0.29) is 6.10 Å². The first kappa shape index (κ1) is 12.9. The van der Waals surface area contributed by atoms with Crippen molar-refractivity contribution < 1.29 is 19.7 Å². The van der Waals surface area contributed by atoms with E-state index in [4.69, 9.17) is 9.84 Å². The van der Waals surface area contributed by atoms with E-state index in [1.165, 1.54) is 0 Å². The van der Waals surface area contributed by atoms with E-state index in [1.54, 1.807) is 6.07 Å². The lowest BCUT2D eigenvalue weighted by molar-refractivity contribution is -0.145. The number of hydrogen-bond acceptors (Lipinski definition) is 3. The van der Waals surface area contributed by atoms with Crippen molar-refractivity contribution in [1.82, 2.24) is 0 Å². The number of aryl methyl sites for hydroxylation is 1. The van der Waals surface area contributed by atoms with Crippen LogP contribution >= 0.6 is 0 Å². The van der Waals surface area contributed by atoms with Gasteiger partial charge in [-0.3, -0.25) is 0 Å². The number of aliphatic hydroxyl groups excluding tert-OH is 1. The van der Waals surface area contributed by atoms with Crippen molar-refractivity contribution in [3.05, 3.63) is 29.3 Å². The van der Waals surface area contributed by atoms with Gasteiger partial charge in [-0.15, -0.1) is 0 Å². The molecule has 0 spiro atoms. The average molecular weight is 250 g/mol. The number of ether oxygens (including phenoxy) is 1. The highest BCUT2D eigenvalue weighted by molar-refractivity contribution is 5.72. The van der Waals surface area contributed by atoms with Crippen LogP contribution in [0.3, 0.4) is 0 Å². The van der Waals surface area contributed by atoms with Crippen LogP contribution < -0.4 is 4.74 Å². The normalized spacial score (nSPS) is 19.3. The number of aliphatic hydroxyl groups is 1. The quantitative estimate of drug-likeness (QED) is 0.841. The number of carboxylic acids is 1. The summed E-state index contributed by atoms with van der Waals surface area (Å²) in [6.07, 6.45) is 1.63. The van der Waals surface area contributed by atoms with E-state index in [2.05, 4.69) is 0 Å². The Morgan fingerprint density at radius 3 is 3.00 bits per heavy atom. The summed E-state index contributed by atoms with van der Waals surface area (Å²) in [5.74, 6) is -0.360. The van der Waals surface area contributed by atoms with Gasteiger partial charge in [-0.2, -0.15) is 0 Å². The van der Waals surface area contributed by atoms with Crippen LogP contribution in [0.25, 0.3) is 0 Å². The van der Waals surface area contributed by atoms with Crippen LogP contribution in [0.4, 0.5) is 0 Å². The second-order valence-electron chi connectivity index (χ2n) is 4.65. The molecular formula is C14H18O4. The number of hydrogen-bond donors (Lipinski definition) is 2. The summed E-state index contributed by atoms with van der Waals surface area (Å²) in [7, 11) is 0. The highest BCUT2D eigenvalue weighted by Crippen LogP contribution is 2.33. The molecule has 1 aliphatic carbocycles. The summed E-state index contributed by atoms with van der Waals surface area (Å²) in [6, 6.07) is 5.41.